The van der Waals surface area contributed by atoms with Crippen molar-refractivity contribution in [3.63, 3.8) is 0 Å². The van der Waals surface area contributed by atoms with Crippen molar-refractivity contribution < 1.29 is 9.26 Å². The molecule has 150 valence electrons. The Balaban J connectivity index is 1.36. The molecular weight excluding hydrogens is 382 g/mol. The first-order valence-corrected chi connectivity index (χ1v) is 9.93. The molecule has 9 nitrogen and oxygen atoms in total. The average molecular weight is 401 g/mol. The van der Waals surface area contributed by atoms with Crippen LogP contribution in [0.5, 0.6) is 5.88 Å². The van der Waals surface area contributed by atoms with Crippen molar-refractivity contribution >= 4 is 28.3 Å². The molecular formula is C21H19N7O2. The van der Waals surface area contributed by atoms with Crippen molar-refractivity contribution in [1.29, 1.82) is 0 Å². The molecule has 0 N–H and O–H groups in total. The predicted molar refractivity (Wildman–Crippen MR) is 110 cm³/mol. The Morgan fingerprint density at radius 1 is 1.10 bits per heavy atom. The van der Waals surface area contributed by atoms with E-state index in [9.17, 15) is 0 Å². The summed E-state index contributed by atoms with van der Waals surface area (Å²) in [5, 5.41) is 4.92. The molecule has 0 amide bonds. The molecule has 0 saturated carbocycles. The maximum atomic E-state index is 5.70. The smallest absolute Gasteiger partial charge is 0.263 e. The molecule has 4 aromatic heterocycles. The number of hydrogen-bond donors (Lipinski definition) is 0. The first-order valence-electron chi connectivity index (χ1n) is 9.93. The summed E-state index contributed by atoms with van der Waals surface area (Å²) < 4.78 is 11.0. The first kappa shape index (κ1) is 17.1. The van der Waals surface area contributed by atoms with Crippen molar-refractivity contribution in [2.75, 3.05) is 29.5 Å². The van der Waals surface area contributed by atoms with Crippen LogP contribution in [0.2, 0.25) is 0 Å². The SMILES string of the molecule is Cc1noc2ncnc(N3CCc4ncc(N5CCOc6ncccc65)cc4C3)c12. The van der Waals surface area contributed by atoms with Gasteiger partial charge in [-0.05, 0) is 30.7 Å². The molecule has 2 aliphatic rings. The van der Waals surface area contributed by atoms with E-state index in [0.717, 1.165) is 60.0 Å². The highest BCUT2D eigenvalue weighted by Gasteiger charge is 2.25. The fraction of sp³-hybridized carbons (Fsp3) is 0.286. The number of hydrogen-bond acceptors (Lipinski definition) is 9. The van der Waals surface area contributed by atoms with E-state index >= 15 is 0 Å². The van der Waals surface area contributed by atoms with Gasteiger partial charge in [-0.3, -0.25) is 4.98 Å². The van der Waals surface area contributed by atoms with Crippen molar-refractivity contribution in [2.45, 2.75) is 19.9 Å². The average Bonchev–Trinajstić information content (AvgIpc) is 3.19. The Morgan fingerprint density at radius 2 is 2.07 bits per heavy atom. The van der Waals surface area contributed by atoms with Crippen LogP contribution >= 0.6 is 0 Å². The summed E-state index contributed by atoms with van der Waals surface area (Å²) in [7, 11) is 0. The number of pyridine rings is 2. The molecule has 0 atom stereocenters. The summed E-state index contributed by atoms with van der Waals surface area (Å²) >= 11 is 0. The number of aryl methyl sites for hydroxylation is 1. The van der Waals surface area contributed by atoms with E-state index in [1.165, 1.54) is 11.9 Å². The van der Waals surface area contributed by atoms with Crippen LogP contribution in [0.15, 0.2) is 41.4 Å². The highest BCUT2D eigenvalue weighted by atomic mass is 16.5. The molecule has 0 saturated heterocycles. The summed E-state index contributed by atoms with van der Waals surface area (Å²) in [6, 6.07) is 6.17. The maximum Gasteiger partial charge on any atom is 0.263 e. The van der Waals surface area contributed by atoms with E-state index in [1.807, 2.05) is 25.3 Å². The topological polar surface area (TPSA) is 93.3 Å². The predicted octanol–water partition coefficient (Wildman–Crippen LogP) is 2.81. The number of fused-ring (bicyclic) bond motifs is 3. The summed E-state index contributed by atoms with van der Waals surface area (Å²) in [6.45, 7) is 4.83. The molecule has 0 spiro atoms. The number of ether oxygens (including phenoxy) is 1. The van der Waals surface area contributed by atoms with Gasteiger partial charge in [0.1, 0.15) is 29.8 Å². The highest BCUT2D eigenvalue weighted by molar-refractivity contribution is 5.88. The molecule has 0 radical (unpaired) electrons. The van der Waals surface area contributed by atoms with E-state index in [1.54, 1.807) is 6.20 Å². The van der Waals surface area contributed by atoms with Gasteiger partial charge in [0.15, 0.2) is 0 Å². The third-order valence-electron chi connectivity index (χ3n) is 5.66. The van der Waals surface area contributed by atoms with E-state index in [0.29, 0.717) is 18.2 Å². The van der Waals surface area contributed by atoms with Gasteiger partial charge in [0.05, 0.1) is 24.1 Å². The van der Waals surface area contributed by atoms with Crippen molar-refractivity contribution in [1.82, 2.24) is 25.1 Å². The van der Waals surface area contributed by atoms with Crippen molar-refractivity contribution in [3.05, 3.63) is 53.9 Å². The Morgan fingerprint density at radius 3 is 3.03 bits per heavy atom. The lowest BCUT2D eigenvalue weighted by molar-refractivity contribution is 0.301. The minimum absolute atomic E-state index is 0.521. The standard InChI is InChI=1S/C21H19N7O2/c1-13-18-19(24-12-25-21(18)30-26-13)27-6-4-16-14(11-27)9-15(10-23-16)28-7-8-29-20-17(28)3-2-5-22-20/h2-3,5,9-10,12H,4,6-8,11H2,1H3. The fourth-order valence-electron chi connectivity index (χ4n) is 4.21. The second kappa shape index (κ2) is 6.65. The second-order valence-corrected chi connectivity index (χ2v) is 7.44. The van der Waals surface area contributed by atoms with Gasteiger partial charge in [-0.2, -0.15) is 4.98 Å². The van der Waals surface area contributed by atoms with Crippen molar-refractivity contribution in [2.24, 2.45) is 0 Å². The molecule has 6 heterocycles. The quantitative estimate of drug-likeness (QED) is 0.502. The maximum absolute atomic E-state index is 5.70. The van der Waals surface area contributed by atoms with Crippen LogP contribution in [0.3, 0.4) is 0 Å². The second-order valence-electron chi connectivity index (χ2n) is 7.44. The lowest BCUT2D eigenvalue weighted by atomic mass is 10.0. The first-order chi connectivity index (χ1) is 14.8. The highest BCUT2D eigenvalue weighted by Crippen LogP contribution is 2.36. The van der Waals surface area contributed by atoms with Crippen LogP contribution in [-0.2, 0) is 13.0 Å². The number of anilines is 3. The van der Waals surface area contributed by atoms with Gasteiger partial charge < -0.3 is 19.1 Å². The van der Waals surface area contributed by atoms with E-state index < -0.39 is 0 Å². The minimum Gasteiger partial charge on any atom is -0.474 e. The molecule has 9 heteroatoms. The normalized spacial score (nSPS) is 15.6. The largest absolute Gasteiger partial charge is 0.474 e. The molecule has 2 aliphatic heterocycles. The molecule has 6 rings (SSSR count). The molecule has 0 bridgehead atoms. The molecule has 0 unspecified atom stereocenters. The number of rotatable bonds is 2. The van der Waals surface area contributed by atoms with E-state index in [-0.39, 0.29) is 0 Å². The van der Waals surface area contributed by atoms with Gasteiger partial charge in [0.25, 0.3) is 5.71 Å². The van der Waals surface area contributed by atoms with E-state index in [2.05, 4.69) is 36.0 Å². The Hall–Kier alpha value is -3.75. The van der Waals surface area contributed by atoms with Gasteiger partial charge in [0.2, 0.25) is 5.88 Å². The molecule has 30 heavy (non-hydrogen) atoms. The van der Waals surface area contributed by atoms with Crippen LogP contribution in [-0.4, -0.2) is 44.8 Å². The molecule has 0 fully saturated rings. The monoisotopic (exact) mass is 401 g/mol. The minimum atomic E-state index is 0.521. The van der Waals surface area contributed by atoms with Crippen LogP contribution in [0.1, 0.15) is 17.0 Å². The van der Waals surface area contributed by atoms with E-state index in [4.69, 9.17) is 14.2 Å². The zero-order valence-electron chi connectivity index (χ0n) is 16.4. The summed E-state index contributed by atoms with van der Waals surface area (Å²) in [6.07, 6.45) is 6.08. The molecule has 4 aromatic rings. The number of aromatic nitrogens is 5. The Bertz CT molecular complexity index is 1260. The third-order valence-corrected chi connectivity index (χ3v) is 5.66. The zero-order valence-corrected chi connectivity index (χ0v) is 16.4. The van der Waals surface area contributed by atoms with Gasteiger partial charge in [-0.15, -0.1) is 0 Å². The number of nitrogens with zero attached hydrogens (tertiary/aromatic N) is 7. The Labute approximate surface area is 172 Å². The molecule has 0 aromatic carbocycles. The van der Waals surface area contributed by atoms with Crippen LogP contribution in [0.4, 0.5) is 17.2 Å². The lowest BCUT2D eigenvalue weighted by Gasteiger charge is -2.33. The zero-order chi connectivity index (χ0) is 20.1. The van der Waals surface area contributed by atoms with Crippen LogP contribution < -0.4 is 14.5 Å². The Kier molecular flexibility index (Phi) is 3.80. The van der Waals surface area contributed by atoms with Crippen LogP contribution in [0, 0.1) is 6.92 Å². The summed E-state index contributed by atoms with van der Waals surface area (Å²) in [5.41, 5.74) is 5.65. The van der Waals surface area contributed by atoms with Crippen molar-refractivity contribution in [3.8, 4) is 5.88 Å². The summed E-state index contributed by atoms with van der Waals surface area (Å²) in [5.74, 6) is 1.52. The lowest BCUT2D eigenvalue weighted by Crippen LogP contribution is -2.33. The van der Waals surface area contributed by atoms with Crippen LogP contribution in [0.25, 0.3) is 11.1 Å². The molecule has 0 aliphatic carbocycles. The van der Waals surface area contributed by atoms with Gasteiger partial charge >= 0.3 is 0 Å². The third kappa shape index (κ3) is 2.66. The fourth-order valence-corrected chi connectivity index (χ4v) is 4.21. The summed E-state index contributed by atoms with van der Waals surface area (Å²) in [4.78, 5) is 22.3. The van der Waals surface area contributed by atoms with Gasteiger partial charge in [0, 0.05) is 31.4 Å². The van der Waals surface area contributed by atoms with Gasteiger partial charge in [-0.1, -0.05) is 5.16 Å². The van der Waals surface area contributed by atoms with Gasteiger partial charge in [-0.25, -0.2) is 9.97 Å².